The average molecular weight is 668 g/mol. The van der Waals surface area contributed by atoms with Crippen LogP contribution in [0, 0.1) is 0 Å². The minimum atomic E-state index is -0.974. The van der Waals surface area contributed by atoms with Crippen LogP contribution in [0.15, 0.2) is 121 Å². The molecule has 1 aliphatic heterocycles. The molecule has 0 spiro atoms. The lowest BCUT2D eigenvalue weighted by Gasteiger charge is -2.47. The number of benzene rings is 4. The van der Waals surface area contributed by atoms with Crippen molar-refractivity contribution in [2.75, 3.05) is 13.7 Å². The first-order valence-electron chi connectivity index (χ1n) is 16.6. The summed E-state index contributed by atoms with van der Waals surface area (Å²) < 4.78 is 38.2. The van der Waals surface area contributed by atoms with E-state index in [1.165, 1.54) is 14.0 Å². The molecule has 4 aromatic carbocycles. The van der Waals surface area contributed by atoms with E-state index in [1.807, 2.05) is 121 Å². The second-order valence-electron chi connectivity index (χ2n) is 12.0. The van der Waals surface area contributed by atoms with Crippen molar-refractivity contribution in [2.45, 2.75) is 76.3 Å². The minimum Gasteiger partial charge on any atom is -0.467 e. The van der Waals surface area contributed by atoms with Gasteiger partial charge in [-0.15, -0.1) is 0 Å². The van der Waals surface area contributed by atoms with Crippen LogP contribution in [-0.4, -0.2) is 62.2 Å². The van der Waals surface area contributed by atoms with Gasteiger partial charge in [0.05, 0.1) is 46.2 Å². The number of esters is 1. The third-order valence-electron chi connectivity index (χ3n) is 8.31. The molecule has 1 aliphatic rings. The lowest BCUT2D eigenvalue weighted by atomic mass is 9.90. The first-order valence-corrected chi connectivity index (χ1v) is 16.6. The van der Waals surface area contributed by atoms with Crippen molar-refractivity contribution in [3.8, 4) is 0 Å². The molecule has 1 fully saturated rings. The molecular formula is C40H45NO8. The van der Waals surface area contributed by atoms with Crippen LogP contribution in [-0.2, 0) is 64.4 Å². The molecule has 9 heteroatoms. The summed E-state index contributed by atoms with van der Waals surface area (Å²) in [7, 11) is 1.29. The third kappa shape index (κ3) is 11.1. The number of carbonyl (C=O) groups excluding carboxylic acids is 2. The zero-order valence-corrected chi connectivity index (χ0v) is 28.0. The highest BCUT2D eigenvalue weighted by molar-refractivity contribution is 5.83. The highest BCUT2D eigenvalue weighted by atomic mass is 16.6. The topological polar surface area (TPSA) is 102 Å². The van der Waals surface area contributed by atoms with E-state index in [-0.39, 0.29) is 25.5 Å². The molecule has 5 rings (SSSR count). The fourth-order valence-corrected chi connectivity index (χ4v) is 5.91. The largest absolute Gasteiger partial charge is 0.467 e. The molecule has 9 nitrogen and oxygen atoms in total. The van der Waals surface area contributed by atoms with Gasteiger partial charge in [-0.05, 0) is 22.3 Å². The maximum Gasteiger partial charge on any atom is 0.328 e. The van der Waals surface area contributed by atoms with E-state index >= 15 is 0 Å². The van der Waals surface area contributed by atoms with E-state index in [1.54, 1.807) is 0 Å². The summed E-state index contributed by atoms with van der Waals surface area (Å²) >= 11 is 0. The quantitative estimate of drug-likeness (QED) is 0.141. The fraction of sp³-hybridized carbons (Fsp3) is 0.350. The Labute approximate surface area is 288 Å². The van der Waals surface area contributed by atoms with Crippen molar-refractivity contribution in [1.29, 1.82) is 0 Å². The molecule has 258 valence electrons. The third-order valence-corrected chi connectivity index (χ3v) is 8.31. The summed E-state index contributed by atoms with van der Waals surface area (Å²) in [6, 6.07) is 38.5. The van der Waals surface area contributed by atoms with Gasteiger partial charge in [-0.1, -0.05) is 121 Å². The van der Waals surface area contributed by atoms with Crippen LogP contribution in [0.4, 0.5) is 0 Å². The molecule has 0 bridgehead atoms. The van der Waals surface area contributed by atoms with Gasteiger partial charge in [0.1, 0.15) is 30.5 Å². The molecule has 1 amide bonds. The van der Waals surface area contributed by atoms with Crippen molar-refractivity contribution in [1.82, 2.24) is 5.32 Å². The van der Waals surface area contributed by atoms with Gasteiger partial charge in [0.25, 0.3) is 0 Å². The number of rotatable bonds is 17. The Morgan fingerprint density at radius 2 is 1.02 bits per heavy atom. The molecule has 1 unspecified atom stereocenters. The van der Waals surface area contributed by atoms with Gasteiger partial charge in [-0.3, -0.25) is 4.79 Å². The highest BCUT2D eigenvalue weighted by Crippen LogP contribution is 2.33. The van der Waals surface area contributed by atoms with Crippen LogP contribution >= 0.6 is 0 Å². The van der Waals surface area contributed by atoms with Crippen molar-refractivity contribution in [3.63, 3.8) is 0 Å². The maximum atomic E-state index is 12.9. The van der Waals surface area contributed by atoms with Gasteiger partial charge in [-0.25, -0.2) is 4.79 Å². The molecule has 4 aromatic rings. The Kier molecular flexibility index (Phi) is 13.9. The highest BCUT2D eigenvalue weighted by Gasteiger charge is 2.49. The van der Waals surface area contributed by atoms with Gasteiger partial charge in [0.15, 0.2) is 0 Å². The zero-order chi connectivity index (χ0) is 34.3. The molecule has 1 saturated heterocycles. The Morgan fingerprint density at radius 1 is 0.612 bits per heavy atom. The van der Waals surface area contributed by atoms with E-state index in [4.69, 9.17) is 28.4 Å². The van der Waals surface area contributed by atoms with Gasteiger partial charge >= 0.3 is 5.97 Å². The number of hydrogen-bond acceptors (Lipinski definition) is 8. The number of amides is 1. The Morgan fingerprint density at radius 3 is 1.45 bits per heavy atom. The Bertz CT molecular complexity index is 1540. The molecule has 1 heterocycles. The SMILES string of the molecule is COC(=O)C(C[C@H]1O[C@H](COCc2ccccc2)[C@@H](OCc2ccccc2)[C@H](OCc2ccccc2)[C@H]1OCc1ccccc1)NC(C)=O. The summed E-state index contributed by atoms with van der Waals surface area (Å²) in [6.45, 7) is 2.78. The monoisotopic (exact) mass is 667 g/mol. The smallest absolute Gasteiger partial charge is 0.328 e. The molecule has 49 heavy (non-hydrogen) atoms. The van der Waals surface area contributed by atoms with E-state index in [2.05, 4.69) is 5.32 Å². The fourth-order valence-electron chi connectivity index (χ4n) is 5.91. The van der Waals surface area contributed by atoms with E-state index in [0.717, 1.165) is 22.3 Å². The van der Waals surface area contributed by atoms with Crippen LogP contribution in [0.2, 0.25) is 0 Å². The molecule has 0 aliphatic carbocycles. The van der Waals surface area contributed by atoms with Gasteiger partial charge < -0.3 is 33.7 Å². The van der Waals surface area contributed by atoms with Crippen molar-refractivity contribution < 1.29 is 38.0 Å². The molecule has 6 atom stereocenters. The molecular weight excluding hydrogens is 622 g/mol. The minimum absolute atomic E-state index is 0.0809. The van der Waals surface area contributed by atoms with Crippen molar-refractivity contribution in [3.05, 3.63) is 144 Å². The number of nitrogens with one attached hydrogen (secondary N) is 1. The molecule has 1 N–H and O–H groups in total. The average Bonchev–Trinajstić information content (AvgIpc) is 3.14. The van der Waals surface area contributed by atoms with E-state index in [9.17, 15) is 9.59 Å². The predicted octanol–water partition coefficient (Wildman–Crippen LogP) is 5.79. The first kappa shape index (κ1) is 35.9. The second-order valence-corrected chi connectivity index (χ2v) is 12.0. The summed E-state index contributed by atoms with van der Waals surface area (Å²) in [5, 5.41) is 2.73. The standard InChI is InChI=1S/C40H45NO8/c1-29(42)41-34(40(43)44-2)23-35-37(46-25-31-17-9-4-10-18-31)39(48-27-33-21-13-6-14-22-33)38(47-26-32-19-11-5-12-20-32)36(49-35)28-45-24-30-15-7-3-8-16-30/h3-22,34-39H,23-28H2,1-2H3,(H,41,42)/t34?,35-,36-,37+,38-,39-/m1/s1. The summed E-state index contributed by atoms with van der Waals surface area (Å²) in [5.41, 5.74) is 3.96. The number of methoxy groups -OCH3 is 1. The Hall–Kier alpha value is -4.38. The normalized spacial score (nSPS) is 21.1. The summed E-state index contributed by atoms with van der Waals surface area (Å²) in [6.07, 6.45) is -3.19. The molecule has 0 saturated carbocycles. The number of ether oxygens (including phenoxy) is 6. The lowest BCUT2D eigenvalue weighted by Crippen LogP contribution is -2.62. The van der Waals surface area contributed by atoms with E-state index < -0.39 is 42.5 Å². The van der Waals surface area contributed by atoms with Crippen LogP contribution in [0.5, 0.6) is 0 Å². The predicted molar refractivity (Wildman–Crippen MR) is 184 cm³/mol. The number of hydrogen-bond donors (Lipinski definition) is 1. The number of carbonyl (C=O) groups is 2. The van der Waals surface area contributed by atoms with Gasteiger partial charge in [0.2, 0.25) is 5.91 Å². The zero-order valence-electron chi connectivity index (χ0n) is 28.0. The van der Waals surface area contributed by atoms with E-state index in [0.29, 0.717) is 19.8 Å². The lowest BCUT2D eigenvalue weighted by molar-refractivity contribution is -0.274. The van der Waals surface area contributed by atoms with Crippen molar-refractivity contribution >= 4 is 11.9 Å². The molecule has 0 radical (unpaired) electrons. The van der Waals surface area contributed by atoms with Crippen molar-refractivity contribution in [2.24, 2.45) is 0 Å². The summed E-state index contributed by atoms with van der Waals surface area (Å²) in [4.78, 5) is 25.1. The maximum absolute atomic E-state index is 12.9. The Balaban J connectivity index is 1.49. The van der Waals surface area contributed by atoms with Gasteiger partial charge in [0, 0.05) is 13.3 Å². The van der Waals surface area contributed by atoms with Crippen LogP contribution in [0.25, 0.3) is 0 Å². The second kappa shape index (κ2) is 19.0. The first-order chi connectivity index (χ1) is 24.0. The summed E-state index contributed by atoms with van der Waals surface area (Å²) in [5.74, 6) is -0.946. The van der Waals surface area contributed by atoms with Crippen LogP contribution < -0.4 is 5.32 Å². The van der Waals surface area contributed by atoms with Crippen LogP contribution in [0.1, 0.15) is 35.6 Å². The van der Waals surface area contributed by atoms with Crippen LogP contribution in [0.3, 0.4) is 0 Å². The van der Waals surface area contributed by atoms with Gasteiger partial charge in [-0.2, -0.15) is 0 Å². The molecule has 0 aromatic heterocycles.